The zero-order chi connectivity index (χ0) is 11.8. The van der Waals surface area contributed by atoms with E-state index in [-0.39, 0.29) is 0 Å². The molecule has 2 nitrogen and oxygen atoms in total. The van der Waals surface area contributed by atoms with Crippen molar-refractivity contribution >= 4 is 11.8 Å². The summed E-state index contributed by atoms with van der Waals surface area (Å²) in [5.41, 5.74) is 0. The van der Waals surface area contributed by atoms with Gasteiger partial charge in [-0.15, -0.1) is 0 Å². The molecule has 96 valence electrons. The Morgan fingerprint density at radius 1 is 1.31 bits per heavy atom. The lowest BCUT2D eigenvalue weighted by molar-refractivity contribution is 0.149. The van der Waals surface area contributed by atoms with E-state index in [1.54, 1.807) is 0 Å². The van der Waals surface area contributed by atoms with Crippen molar-refractivity contribution in [2.45, 2.75) is 38.6 Å². The zero-order valence-electron chi connectivity index (χ0n) is 11.2. The first-order valence-electron chi connectivity index (χ1n) is 6.66. The lowest BCUT2D eigenvalue weighted by atomic mass is 9.94. The number of nitrogens with zero attached hydrogens (tertiary/aromatic N) is 1. The molecule has 0 radical (unpaired) electrons. The highest BCUT2D eigenvalue weighted by molar-refractivity contribution is 7.98. The maximum absolute atomic E-state index is 3.43. The molecule has 2 unspecified atom stereocenters. The van der Waals surface area contributed by atoms with Crippen molar-refractivity contribution < 1.29 is 0 Å². The Morgan fingerprint density at radius 3 is 2.75 bits per heavy atom. The monoisotopic (exact) mass is 244 g/mol. The molecule has 1 rings (SSSR count). The smallest absolute Gasteiger partial charge is 0.0114 e. The van der Waals surface area contributed by atoms with E-state index in [4.69, 9.17) is 0 Å². The second-order valence-electron chi connectivity index (χ2n) is 5.02. The van der Waals surface area contributed by atoms with E-state index < -0.39 is 0 Å². The van der Waals surface area contributed by atoms with Crippen molar-refractivity contribution in [3.8, 4) is 0 Å². The summed E-state index contributed by atoms with van der Waals surface area (Å²) in [5, 5.41) is 3.43. The van der Waals surface area contributed by atoms with Crippen molar-refractivity contribution in [1.82, 2.24) is 10.2 Å². The van der Waals surface area contributed by atoms with Crippen molar-refractivity contribution in [2.24, 2.45) is 5.92 Å². The lowest BCUT2D eigenvalue weighted by Crippen LogP contribution is -2.47. The van der Waals surface area contributed by atoms with E-state index in [0.29, 0.717) is 0 Å². The first-order valence-corrected chi connectivity index (χ1v) is 8.06. The van der Waals surface area contributed by atoms with Crippen LogP contribution in [-0.2, 0) is 0 Å². The third-order valence-electron chi connectivity index (χ3n) is 3.68. The Bertz CT molecular complexity index is 175. The normalized spacial score (nSPS) is 27.2. The van der Waals surface area contributed by atoms with Crippen molar-refractivity contribution in [3.05, 3.63) is 0 Å². The van der Waals surface area contributed by atoms with E-state index in [0.717, 1.165) is 12.0 Å². The SMILES string of the molecule is CNC1CCN(CCCCCSC)CC1C. The predicted octanol–water partition coefficient (Wildman–Crippen LogP) is 2.45. The summed E-state index contributed by atoms with van der Waals surface area (Å²) in [6.07, 6.45) is 7.70. The minimum atomic E-state index is 0.743. The zero-order valence-corrected chi connectivity index (χ0v) is 12.0. The molecule has 0 amide bonds. The number of hydrogen-bond donors (Lipinski definition) is 1. The van der Waals surface area contributed by atoms with Gasteiger partial charge in [0.1, 0.15) is 0 Å². The molecule has 0 aromatic rings. The second-order valence-corrected chi connectivity index (χ2v) is 6.00. The first-order chi connectivity index (χ1) is 7.77. The topological polar surface area (TPSA) is 15.3 Å². The van der Waals surface area contributed by atoms with Crippen LogP contribution in [0.4, 0.5) is 0 Å². The Labute approximate surface area is 106 Å². The average molecular weight is 244 g/mol. The fraction of sp³-hybridized carbons (Fsp3) is 1.00. The maximum atomic E-state index is 3.43. The number of hydrogen-bond acceptors (Lipinski definition) is 3. The highest BCUT2D eigenvalue weighted by atomic mass is 32.2. The predicted molar refractivity (Wildman–Crippen MR) is 75.3 cm³/mol. The van der Waals surface area contributed by atoms with Crippen LogP contribution in [0.5, 0.6) is 0 Å². The fourth-order valence-electron chi connectivity index (χ4n) is 2.62. The fourth-order valence-corrected chi connectivity index (χ4v) is 3.12. The quantitative estimate of drug-likeness (QED) is 0.693. The highest BCUT2D eigenvalue weighted by Gasteiger charge is 2.23. The highest BCUT2D eigenvalue weighted by Crippen LogP contribution is 2.17. The minimum Gasteiger partial charge on any atom is -0.317 e. The van der Waals surface area contributed by atoms with Crippen molar-refractivity contribution in [3.63, 3.8) is 0 Å². The van der Waals surface area contributed by atoms with Crippen molar-refractivity contribution in [1.29, 1.82) is 0 Å². The van der Waals surface area contributed by atoms with Crippen LogP contribution in [0, 0.1) is 5.92 Å². The van der Waals surface area contributed by atoms with Crippen LogP contribution in [-0.4, -0.2) is 49.6 Å². The molecule has 1 N–H and O–H groups in total. The second kappa shape index (κ2) is 8.37. The minimum absolute atomic E-state index is 0.743. The molecular formula is C13H28N2S. The molecule has 1 saturated heterocycles. The summed E-state index contributed by atoms with van der Waals surface area (Å²) in [6.45, 7) is 6.27. The van der Waals surface area contributed by atoms with E-state index in [1.807, 2.05) is 11.8 Å². The third kappa shape index (κ3) is 5.07. The van der Waals surface area contributed by atoms with Gasteiger partial charge in [-0.05, 0) is 57.3 Å². The molecule has 0 spiro atoms. The Balaban J connectivity index is 2.06. The standard InChI is InChI=1S/C13H28N2S/c1-12-11-15(9-7-13(12)14-2)8-5-4-6-10-16-3/h12-14H,4-11H2,1-3H3. The van der Waals surface area contributed by atoms with Crippen LogP contribution >= 0.6 is 11.8 Å². The third-order valence-corrected chi connectivity index (χ3v) is 4.38. The molecule has 1 fully saturated rings. The molecule has 2 atom stereocenters. The lowest BCUT2D eigenvalue weighted by Gasteiger charge is -2.36. The number of nitrogens with one attached hydrogen (secondary N) is 1. The van der Waals surface area contributed by atoms with Gasteiger partial charge in [0, 0.05) is 12.6 Å². The summed E-state index contributed by atoms with van der Waals surface area (Å²) < 4.78 is 0. The summed E-state index contributed by atoms with van der Waals surface area (Å²) in [6, 6.07) is 0.743. The Hall–Kier alpha value is 0.270. The van der Waals surface area contributed by atoms with Crippen molar-refractivity contribution in [2.75, 3.05) is 38.7 Å². The van der Waals surface area contributed by atoms with Crippen LogP contribution in [0.2, 0.25) is 0 Å². The van der Waals surface area contributed by atoms with Crippen LogP contribution < -0.4 is 5.32 Å². The van der Waals surface area contributed by atoms with Gasteiger partial charge in [-0.2, -0.15) is 11.8 Å². The van der Waals surface area contributed by atoms with Crippen LogP contribution in [0.3, 0.4) is 0 Å². The van der Waals surface area contributed by atoms with E-state index in [9.17, 15) is 0 Å². The first kappa shape index (κ1) is 14.3. The summed E-state index contributed by atoms with van der Waals surface area (Å²) in [5.74, 6) is 2.14. The molecule has 3 heteroatoms. The molecule has 0 bridgehead atoms. The van der Waals surface area contributed by atoms with Crippen LogP contribution in [0.1, 0.15) is 32.6 Å². The number of unbranched alkanes of at least 4 members (excludes halogenated alkanes) is 2. The van der Waals surface area contributed by atoms with Gasteiger partial charge in [0.15, 0.2) is 0 Å². The molecule has 0 aliphatic carbocycles. The largest absolute Gasteiger partial charge is 0.317 e. The number of rotatable bonds is 7. The summed E-state index contributed by atoms with van der Waals surface area (Å²) in [7, 11) is 2.10. The molecule has 0 aromatic heterocycles. The van der Waals surface area contributed by atoms with Gasteiger partial charge in [-0.25, -0.2) is 0 Å². The van der Waals surface area contributed by atoms with E-state index in [1.165, 1.54) is 51.1 Å². The maximum Gasteiger partial charge on any atom is 0.0114 e. The Kier molecular flexibility index (Phi) is 7.50. The van der Waals surface area contributed by atoms with Gasteiger partial charge < -0.3 is 10.2 Å². The summed E-state index contributed by atoms with van der Waals surface area (Å²) in [4.78, 5) is 2.65. The number of piperidine rings is 1. The molecule has 0 aromatic carbocycles. The van der Waals surface area contributed by atoms with Gasteiger partial charge in [0.2, 0.25) is 0 Å². The van der Waals surface area contributed by atoms with E-state index >= 15 is 0 Å². The number of thioether (sulfide) groups is 1. The molecule has 1 aliphatic heterocycles. The average Bonchev–Trinajstić information content (AvgIpc) is 2.29. The van der Waals surface area contributed by atoms with Crippen LogP contribution in [0.25, 0.3) is 0 Å². The van der Waals surface area contributed by atoms with E-state index in [2.05, 4.69) is 30.4 Å². The molecular weight excluding hydrogens is 216 g/mol. The van der Waals surface area contributed by atoms with Gasteiger partial charge in [0.25, 0.3) is 0 Å². The molecule has 1 aliphatic rings. The summed E-state index contributed by atoms with van der Waals surface area (Å²) >= 11 is 1.97. The van der Waals surface area contributed by atoms with Crippen LogP contribution in [0.15, 0.2) is 0 Å². The molecule has 1 heterocycles. The molecule has 0 saturated carbocycles. The Morgan fingerprint density at radius 2 is 2.12 bits per heavy atom. The van der Waals surface area contributed by atoms with Gasteiger partial charge in [-0.1, -0.05) is 13.3 Å². The number of likely N-dealkylation sites (tertiary alicyclic amines) is 1. The molecule has 16 heavy (non-hydrogen) atoms. The van der Waals surface area contributed by atoms with Gasteiger partial charge in [-0.3, -0.25) is 0 Å². The van der Waals surface area contributed by atoms with Gasteiger partial charge >= 0.3 is 0 Å². The van der Waals surface area contributed by atoms with Gasteiger partial charge in [0.05, 0.1) is 0 Å².